The largest absolute Gasteiger partial charge is 0.256 e. The predicted molar refractivity (Wildman–Crippen MR) is 235 cm³/mol. The van der Waals surface area contributed by atoms with Crippen molar-refractivity contribution in [3.63, 3.8) is 0 Å². The summed E-state index contributed by atoms with van der Waals surface area (Å²) in [7, 11) is 0. The van der Waals surface area contributed by atoms with Gasteiger partial charge >= 0.3 is 0 Å². The number of unbranched alkanes of at least 4 members (excludes halogenated alkanes) is 38. The highest BCUT2D eigenvalue weighted by atomic mass is 15.1. The van der Waals surface area contributed by atoms with E-state index in [1.807, 2.05) is 0 Å². The van der Waals surface area contributed by atoms with Crippen LogP contribution in [-0.4, -0.2) is 4.57 Å². The van der Waals surface area contributed by atoms with Gasteiger partial charge in [0.25, 0.3) is 5.82 Å². The van der Waals surface area contributed by atoms with Gasteiger partial charge in [0.1, 0.15) is 12.4 Å². The molecule has 0 aromatic carbocycles. The van der Waals surface area contributed by atoms with Gasteiger partial charge in [0.2, 0.25) is 0 Å². The lowest BCUT2D eigenvalue weighted by molar-refractivity contribution is -0.704. The molecule has 52 heavy (non-hydrogen) atoms. The predicted octanol–water partition coefficient (Wildman–Crippen LogP) is 17.4. The molecular weight excluding hydrogens is 629 g/mol. The maximum atomic E-state index is 2.66. The van der Waals surface area contributed by atoms with E-state index in [0.29, 0.717) is 0 Å². The van der Waals surface area contributed by atoms with Crippen LogP contribution >= 0.6 is 0 Å². The molecule has 0 aliphatic heterocycles. The van der Waals surface area contributed by atoms with Gasteiger partial charge in [-0.25, -0.2) is 9.13 Å². The Kier molecular flexibility index (Phi) is 39.2. The molecule has 2 heteroatoms. The second-order valence-electron chi connectivity index (χ2n) is 17.3. The maximum Gasteiger partial charge on any atom is 0.256 e. The molecule has 0 bridgehead atoms. The highest BCUT2D eigenvalue weighted by Crippen LogP contribution is 2.17. The number of aryl methyl sites for hydroxylation is 2. The summed E-state index contributed by atoms with van der Waals surface area (Å²) in [5.41, 5.74) is 0. The molecule has 0 spiro atoms. The molecule has 0 aliphatic rings. The third-order valence-electron chi connectivity index (χ3n) is 12.1. The molecule has 0 radical (unpaired) electrons. The zero-order chi connectivity index (χ0) is 37.3. The van der Waals surface area contributed by atoms with Gasteiger partial charge in [0.05, 0.1) is 13.1 Å². The first-order valence-corrected chi connectivity index (χ1v) is 24.9. The fraction of sp³-hybridized carbons (Fsp3) is 0.940. The van der Waals surface area contributed by atoms with Gasteiger partial charge in [0.15, 0.2) is 0 Å². The van der Waals surface area contributed by atoms with Crippen LogP contribution in [0.4, 0.5) is 0 Å². The summed E-state index contributed by atoms with van der Waals surface area (Å²) >= 11 is 0. The van der Waals surface area contributed by atoms with Crippen LogP contribution in [0.5, 0.6) is 0 Å². The smallest absolute Gasteiger partial charge is 0.234 e. The summed E-state index contributed by atoms with van der Waals surface area (Å²) in [6.45, 7) is 9.42. The molecule has 2 nitrogen and oxygen atoms in total. The fourth-order valence-electron chi connectivity index (χ4n) is 8.45. The van der Waals surface area contributed by atoms with Crippen molar-refractivity contribution >= 4 is 0 Å². The summed E-state index contributed by atoms with van der Waals surface area (Å²) in [4.78, 5) is 0. The topological polar surface area (TPSA) is 8.81 Å². The lowest BCUT2D eigenvalue weighted by Crippen LogP contribution is -2.37. The molecule has 1 aromatic rings. The normalized spacial score (nSPS) is 11.7. The van der Waals surface area contributed by atoms with Crippen LogP contribution < -0.4 is 4.57 Å². The molecule has 0 atom stereocenters. The molecule has 1 rings (SSSR count). The van der Waals surface area contributed by atoms with Gasteiger partial charge in [-0.2, -0.15) is 0 Å². The highest BCUT2D eigenvalue weighted by molar-refractivity contribution is 4.84. The van der Waals surface area contributed by atoms with E-state index in [0.717, 1.165) is 0 Å². The SMILES string of the molecule is CCCCCCCCCCCCCCCCCCCc1n(CCCCCCCCCCCCCC)cc[n+]1CCCCCCCCCCCCCC. The minimum atomic E-state index is 1.23. The van der Waals surface area contributed by atoms with E-state index < -0.39 is 0 Å². The van der Waals surface area contributed by atoms with Gasteiger partial charge in [-0.3, -0.25) is 0 Å². The van der Waals surface area contributed by atoms with E-state index in [4.69, 9.17) is 0 Å². The first kappa shape index (κ1) is 49.2. The number of aromatic nitrogens is 2. The van der Waals surface area contributed by atoms with E-state index in [1.165, 1.54) is 283 Å². The van der Waals surface area contributed by atoms with Gasteiger partial charge in [-0.1, -0.05) is 252 Å². The molecule has 308 valence electrons. The summed E-state index contributed by atoms with van der Waals surface area (Å²) in [5.74, 6) is 1.63. The molecule has 0 unspecified atom stereocenters. The Labute approximate surface area is 329 Å². The van der Waals surface area contributed by atoms with Crippen molar-refractivity contribution in [2.75, 3.05) is 0 Å². The second kappa shape index (κ2) is 41.4. The highest BCUT2D eigenvalue weighted by Gasteiger charge is 2.16. The zero-order valence-corrected chi connectivity index (χ0v) is 36.7. The van der Waals surface area contributed by atoms with Crippen LogP contribution in [0.2, 0.25) is 0 Å². The van der Waals surface area contributed by atoms with Gasteiger partial charge < -0.3 is 0 Å². The first-order valence-electron chi connectivity index (χ1n) is 24.9. The molecule has 0 N–H and O–H groups in total. The number of rotatable bonds is 44. The van der Waals surface area contributed by atoms with Crippen LogP contribution in [0.3, 0.4) is 0 Å². The Morgan fingerprint density at radius 1 is 0.327 bits per heavy atom. The van der Waals surface area contributed by atoms with Crippen LogP contribution in [0.15, 0.2) is 12.4 Å². The minimum absolute atomic E-state index is 1.23. The summed E-state index contributed by atoms with van der Waals surface area (Å²) in [5, 5.41) is 0. The maximum absolute atomic E-state index is 2.66. The van der Waals surface area contributed by atoms with Crippen LogP contribution in [-0.2, 0) is 19.5 Å². The van der Waals surface area contributed by atoms with Crippen molar-refractivity contribution in [3.05, 3.63) is 18.2 Å². The molecule has 1 aromatic heterocycles. The Morgan fingerprint density at radius 2 is 0.596 bits per heavy atom. The first-order chi connectivity index (χ1) is 25.8. The lowest BCUT2D eigenvalue weighted by atomic mass is 10.0. The Balaban J connectivity index is 2.25. The van der Waals surface area contributed by atoms with Gasteiger partial charge in [-0.15, -0.1) is 0 Å². The quantitative estimate of drug-likeness (QED) is 0.0467. The van der Waals surface area contributed by atoms with Crippen LogP contribution in [0, 0.1) is 0 Å². The van der Waals surface area contributed by atoms with Crippen LogP contribution in [0.25, 0.3) is 0 Å². The van der Waals surface area contributed by atoms with Crippen molar-refractivity contribution in [1.29, 1.82) is 0 Å². The molecule has 0 amide bonds. The monoisotopic (exact) mass is 728 g/mol. The number of nitrogens with zero attached hydrogens (tertiary/aromatic N) is 2. The van der Waals surface area contributed by atoms with E-state index in [-0.39, 0.29) is 0 Å². The lowest BCUT2D eigenvalue weighted by Gasteiger charge is -2.07. The number of hydrogen-bond acceptors (Lipinski definition) is 0. The number of imidazole rings is 1. The van der Waals surface area contributed by atoms with Crippen molar-refractivity contribution < 1.29 is 4.57 Å². The summed E-state index contributed by atoms with van der Waals surface area (Å²) in [6, 6.07) is 0. The third-order valence-corrected chi connectivity index (χ3v) is 12.1. The van der Waals surface area contributed by atoms with Gasteiger partial charge in [0, 0.05) is 6.42 Å². The van der Waals surface area contributed by atoms with Crippen molar-refractivity contribution in [1.82, 2.24) is 4.57 Å². The van der Waals surface area contributed by atoms with E-state index in [1.54, 1.807) is 5.82 Å². The van der Waals surface area contributed by atoms with Crippen molar-refractivity contribution in [2.45, 2.75) is 304 Å². The average Bonchev–Trinajstić information content (AvgIpc) is 3.54. The second-order valence-corrected chi connectivity index (χ2v) is 17.3. The molecule has 0 saturated heterocycles. The van der Waals surface area contributed by atoms with E-state index >= 15 is 0 Å². The molecule has 1 heterocycles. The van der Waals surface area contributed by atoms with Gasteiger partial charge in [-0.05, 0) is 32.1 Å². The minimum Gasteiger partial charge on any atom is -0.234 e. The Bertz CT molecular complexity index is 751. The van der Waals surface area contributed by atoms with E-state index in [9.17, 15) is 0 Å². The Morgan fingerprint density at radius 3 is 0.923 bits per heavy atom. The molecule has 0 saturated carbocycles. The molecular formula is C50H99N2+. The van der Waals surface area contributed by atoms with E-state index in [2.05, 4.69) is 42.3 Å². The third kappa shape index (κ3) is 32.6. The summed E-state index contributed by atoms with van der Waals surface area (Å²) < 4.78 is 5.31. The number of hydrogen-bond donors (Lipinski definition) is 0. The zero-order valence-electron chi connectivity index (χ0n) is 36.7. The van der Waals surface area contributed by atoms with Crippen LogP contribution in [0.1, 0.15) is 290 Å². The van der Waals surface area contributed by atoms with Crippen molar-refractivity contribution in [2.24, 2.45) is 0 Å². The van der Waals surface area contributed by atoms with Crippen molar-refractivity contribution in [3.8, 4) is 0 Å². The standard InChI is InChI=1S/C50H99N2/c1-4-7-10-13-16-19-22-25-26-27-28-29-30-33-36-39-42-45-50-51(46-43-40-37-34-31-23-20-17-14-11-8-5-2)48-49-52(50)47-44-41-38-35-32-24-21-18-15-12-9-6-3/h48-49H,4-47H2,1-3H3/q+1. The summed E-state index contributed by atoms with van der Waals surface area (Å²) in [6.07, 6.45) is 65.3. The Hall–Kier alpha value is -0.790. The molecule has 0 aliphatic carbocycles. The fourth-order valence-corrected chi connectivity index (χ4v) is 8.45. The molecule has 0 fully saturated rings. The average molecular weight is 728 g/mol.